The maximum absolute atomic E-state index is 13.5. The van der Waals surface area contributed by atoms with Gasteiger partial charge in [-0.3, -0.25) is 9.59 Å². The number of carbonyl (C=O) groups is 2. The zero-order valence-corrected chi connectivity index (χ0v) is 20.4. The number of thiophene rings is 1. The molecule has 1 aliphatic heterocycles. The highest BCUT2D eigenvalue weighted by Crippen LogP contribution is 2.38. The monoisotopic (exact) mass is 482 g/mol. The summed E-state index contributed by atoms with van der Waals surface area (Å²) < 4.78 is 5.17. The summed E-state index contributed by atoms with van der Waals surface area (Å²) in [5, 5.41) is 2.72. The SMILES string of the molecule is COCCN(CC(=O)N1CCc2sccc2C1c1ccc(Cl)cc1)C(=O)C(C)(C)CCl. The van der Waals surface area contributed by atoms with Crippen molar-refractivity contribution < 1.29 is 14.3 Å². The first kappa shape index (κ1) is 24.1. The lowest BCUT2D eigenvalue weighted by Crippen LogP contribution is -2.50. The van der Waals surface area contributed by atoms with E-state index in [4.69, 9.17) is 27.9 Å². The van der Waals surface area contributed by atoms with Gasteiger partial charge in [0.25, 0.3) is 0 Å². The van der Waals surface area contributed by atoms with E-state index in [1.165, 1.54) is 4.88 Å². The average Bonchev–Trinajstić information content (AvgIpc) is 3.24. The Bertz CT molecular complexity index is 914. The lowest BCUT2D eigenvalue weighted by Gasteiger charge is -2.38. The predicted octanol–water partition coefficient (Wildman–Crippen LogP) is 4.62. The molecule has 2 amide bonds. The first-order valence-electron chi connectivity index (χ1n) is 10.2. The van der Waals surface area contributed by atoms with E-state index < -0.39 is 5.41 Å². The van der Waals surface area contributed by atoms with Crippen LogP contribution in [0.1, 0.15) is 35.9 Å². The summed E-state index contributed by atoms with van der Waals surface area (Å²) >= 11 is 13.8. The quantitative estimate of drug-likeness (QED) is 0.515. The first-order valence-corrected chi connectivity index (χ1v) is 12.0. The van der Waals surface area contributed by atoms with Crippen molar-refractivity contribution in [1.29, 1.82) is 0 Å². The second kappa shape index (κ2) is 10.3. The molecule has 2 heterocycles. The number of alkyl halides is 1. The topological polar surface area (TPSA) is 49.9 Å². The van der Waals surface area contributed by atoms with Crippen molar-refractivity contribution in [1.82, 2.24) is 9.80 Å². The van der Waals surface area contributed by atoms with Gasteiger partial charge in [0.1, 0.15) is 0 Å². The molecule has 0 N–H and O–H groups in total. The minimum Gasteiger partial charge on any atom is -0.383 e. The molecule has 31 heavy (non-hydrogen) atoms. The van der Waals surface area contributed by atoms with Crippen molar-refractivity contribution in [2.45, 2.75) is 26.3 Å². The Morgan fingerprint density at radius 3 is 2.61 bits per heavy atom. The van der Waals surface area contributed by atoms with E-state index in [9.17, 15) is 9.59 Å². The number of hydrogen-bond acceptors (Lipinski definition) is 4. The number of ether oxygens (including phenoxy) is 1. The standard InChI is InChI=1S/C23H28Cl2N2O3S/c1-23(2,15-24)22(29)26(11-12-30-3)14-20(28)27-10-8-19-18(9-13-31-19)21(27)16-4-6-17(25)7-5-16/h4-7,9,13,21H,8,10-12,14-15H2,1-3H3. The number of nitrogens with zero attached hydrogens (tertiary/aromatic N) is 2. The van der Waals surface area contributed by atoms with E-state index in [1.54, 1.807) is 37.2 Å². The van der Waals surface area contributed by atoms with Gasteiger partial charge in [-0.05, 0) is 55.0 Å². The van der Waals surface area contributed by atoms with E-state index >= 15 is 0 Å². The molecule has 3 rings (SSSR count). The van der Waals surface area contributed by atoms with Crippen LogP contribution in [0.4, 0.5) is 0 Å². The summed E-state index contributed by atoms with van der Waals surface area (Å²) in [6.07, 6.45) is 0.808. The summed E-state index contributed by atoms with van der Waals surface area (Å²) in [4.78, 5) is 31.3. The maximum atomic E-state index is 13.5. The summed E-state index contributed by atoms with van der Waals surface area (Å²) in [7, 11) is 1.58. The molecular weight excluding hydrogens is 455 g/mol. The minimum atomic E-state index is -0.756. The predicted molar refractivity (Wildman–Crippen MR) is 126 cm³/mol. The van der Waals surface area contributed by atoms with Gasteiger partial charge >= 0.3 is 0 Å². The van der Waals surface area contributed by atoms with E-state index in [0.717, 1.165) is 17.5 Å². The zero-order valence-electron chi connectivity index (χ0n) is 18.1. The fraction of sp³-hybridized carbons (Fsp3) is 0.478. The average molecular weight is 483 g/mol. The number of benzene rings is 1. The molecule has 0 fully saturated rings. The van der Waals surface area contributed by atoms with Crippen LogP contribution in [0.15, 0.2) is 35.7 Å². The van der Waals surface area contributed by atoms with Gasteiger partial charge in [-0.15, -0.1) is 22.9 Å². The van der Waals surface area contributed by atoms with Crippen LogP contribution in [0.2, 0.25) is 5.02 Å². The summed E-state index contributed by atoms with van der Waals surface area (Å²) in [6.45, 7) is 4.87. The van der Waals surface area contributed by atoms with Crippen LogP contribution in [0.5, 0.6) is 0 Å². The van der Waals surface area contributed by atoms with Gasteiger partial charge in [-0.2, -0.15) is 0 Å². The molecule has 0 spiro atoms. The molecule has 0 saturated heterocycles. The van der Waals surface area contributed by atoms with Crippen molar-refractivity contribution in [3.05, 3.63) is 56.7 Å². The third-order valence-corrected chi connectivity index (χ3v) is 7.48. The van der Waals surface area contributed by atoms with E-state index in [1.807, 2.05) is 29.2 Å². The number of rotatable bonds is 8. The molecule has 1 aromatic heterocycles. The maximum Gasteiger partial charge on any atom is 0.242 e. The molecule has 1 atom stereocenters. The van der Waals surface area contributed by atoms with Crippen LogP contribution in [0.25, 0.3) is 0 Å². The minimum absolute atomic E-state index is 0.00786. The molecule has 8 heteroatoms. The molecular formula is C23H28Cl2N2O3S. The van der Waals surface area contributed by atoms with Gasteiger partial charge in [-0.25, -0.2) is 0 Å². The second-order valence-corrected chi connectivity index (χ2v) is 10.0. The Labute approximate surface area is 197 Å². The number of amides is 2. The third-order valence-electron chi connectivity index (χ3n) is 5.56. The van der Waals surface area contributed by atoms with Gasteiger partial charge in [0, 0.05) is 36.0 Å². The first-order chi connectivity index (χ1) is 14.8. The number of fused-ring (bicyclic) bond motifs is 1. The van der Waals surface area contributed by atoms with Gasteiger partial charge < -0.3 is 14.5 Å². The summed E-state index contributed by atoms with van der Waals surface area (Å²) in [5.41, 5.74) is 1.39. The smallest absolute Gasteiger partial charge is 0.242 e. The third kappa shape index (κ3) is 5.43. The fourth-order valence-corrected chi connectivity index (χ4v) is 4.93. The van der Waals surface area contributed by atoms with Crippen molar-refractivity contribution in [2.75, 3.05) is 39.2 Å². The number of hydrogen-bond donors (Lipinski definition) is 0. The Kier molecular flexibility index (Phi) is 8.03. The Morgan fingerprint density at radius 2 is 1.97 bits per heavy atom. The van der Waals surface area contributed by atoms with Gasteiger partial charge in [0.2, 0.25) is 11.8 Å². The normalized spacial score (nSPS) is 16.2. The zero-order chi connectivity index (χ0) is 22.6. The number of carbonyl (C=O) groups excluding carboxylic acids is 2. The lowest BCUT2D eigenvalue weighted by molar-refractivity contribution is -0.146. The van der Waals surface area contributed by atoms with Crippen LogP contribution in [-0.2, 0) is 20.7 Å². The molecule has 0 saturated carbocycles. The van der Waals surface area contributed by atoms with E-state index in [0.29, 0.717) is 24.7 Å². The molecule has 168 valence electrons. The molecule has 0 aliphatic carbocycles. The van der Waals surface area contributed by atoms with Crippen molar-refractivity contribution >= 4 is 46.4 Å². The number of methoxy groups -OCH3 is 1. The Hall–Kier alpha value is -1.60. The molecule has 1 aliphatic rings. The molecule has 0 bridgehead atoms. The Morgan fingerprint density at radius 1 is 1.26 bits per heavy atom. The van der Waals surface area contributed by atoms with E-state index in [-0.39, 0.29) is 30.3 Å². The lowest BCUT2D eigenvalue weighted by atomic mass is 9.92. The van der Waals surface area contributed by atoms with Crippen LogP contribution < -0.4 is 0 Å². The Balaban J connectivity index is 1.88. The highest BCUT2D eigenvalue weighted by atomic mass is 35.5. The summed E-state index contributed by atoms with van der Waals surface area (Å²) in [5.74, 6) is -0.0606. The van der Waals surface area contributed by atoms with Crippen molar-refractivity contribution in [3.63, 3.8) is 0 Å². The van der Waals surface area contributed by atoms with Crippen LogP contribution in [0.3, 0.4) is 0 Å². The molecule has 2 aromatic rings. The second-order valence-electron chi connectivity index (χ2n) is 8.33. The van der Waals surface area contributed by atoms with Gasteiger partial charge in [0.15, 0.2) is 0 Å². The molecule has 5 nitrogen and oxygen atoms in total. The molecule has 1 aromatic carbocycles. The van der Waals surface area contributed by atoms with Gasteiger partial charge in [-0.1, -0.05) is 23.7 Å². The van der Waals surface area contributed by atoms with Crippen LogP contribution in [-0.4, -0.2) is 60.8 Å². The van der Waals surface area contributed by atoms with Crippen LogP contribution in [0, 0.1) is 5.41 Å². The summed E-state index contributed by atoms with van der Waals surface area (Å²) in [6, 6.07) is 9.51. The van der Waals surface area contributed by atoms with Crippen molar-refractivity contribution in [2.24, 2.45) is 5.41 Å². The highest BCUT2D eigenvalue weighted by Gasteiger charge is 2.36. The molecule has 1 unspecified atom stereocenters. The largest absolute Gasteiger partial charge is 0.383 e. The number of halogens is 2. The van der Waals surface area contributed by atoms with Crippen LogP contribution >= 0.6 is 34.5 Å². The molecule has 0 radical (unpaired) electrons. The highest BCUT2D eigenvalue weighted by molar-refractivity contribution is 7.10. The van der Waals surface area contributed by atoms with Gasteiger partial charge in [0.05, 0.1) is 24.6 Å². The fourth-order valence-electron chi connectivity index (χ4n) is 3.78. The van der Waals surface area contributed by atoms with Crippen molar-refractivity contribution in [3.8, 4) is 0 Å². The van der Waals surface area contributed by atoms with E-state index in [2.05, 4.69) is 11.4 Å².